The normalized spacial score (nSPS) is 42.1. The molecule has 5 atom stereocenters. The summed E-state index contributed by atoms with van der Waals surface area (Å²) >= 11 is 2.18. The number of nitrogens with one attached hydrogen (secondary N) is 2. The molecule has 0 amide bonds. The van der Waals surface area contributed by atoms with E-state index in [1.54, 1.807) is 0 Å². The van der Waals surface area contributed by atoms with Crippen molar-refractivity contribution in [2.75, 3.05) is 12.3 Å². The van der Waals surface area contributed by atoms with E-state index in [-0.39, 0.29) is 0 Å². The van der Waals surface area contributed by atoms with E-state index < -0.39 is 0 Å². The molecular weight excluding hydrogens is 264 g/mol. The Labute approximate surface area is 129 Å². The zero-order valence-corrected chi connectivity index (χ0v) is 13.9. The molecule has 3 fully saturated rings. The fourth-order valence-corrected chi connectivity index (χ4v) is 5.85. The van der Waals surface area contributed by atoms with Gasteiger partial charge in [0.15, 0.2) is 0 Å². The first-order chi connectivity index (χ1) is 9.86. The zero-order valence-electron chi connectivity index (χ0n) is 13.1. The topological polar surface area (TPSA) is 24.1 Å². The summed E-state index contributed by atoms with van der Waals surface area (Å²) < 4.78 is 0. The summed E-state index contributed by atoms with van der Waals surface area (Å²) in [6.07, 6.45) is 12.9. The van der Waals surface area contributed by atoms with E-state index in [1.807, 2.05) is 0 Å². The van der Waals surface area contributed by atoms with Crippen LogP contribution in [-0.4, -0.2) is 35.7 Å². The molecule has 2 aliphatic carbocycles. The zero-order chi connectivity index (χ0) is 13.8. The fourth-order valence-electron chi connectivity index (χ4n) is 4.71. The van der Waals surface area contributed by atoms with Crippen LogP contribution in [0.1, 0.15) is 64.7 Å². The Morgan fingerprint density at radius 3 is 2.75 bits per heavy atom. The van der Waals surface area contributed by atoms with Crippen LogP contribution in [0.25, 0.3) is 0 Å². The maximum absolute atomic E-state index is 4.08. The predicted molar refractivity (Wildman–Crippen MR) is 89.5 cm³/mol. The van der Waals surface area contributed by atoms with Crippen molar-refractivity contribution in [3.8, 4) is 0 Å². The highest BCUT2D eigenvalue weighted by Crippen LogP contribution is 2.34. The molecule has 0 aromatic heterocycles. The summed E-state index contributed by atoms with van der Waals surface area (Å²) in [4.78, 5) is 0. The third-order valence-corrected chi connectivity index (χ3v) is 6.90. The van der Waals surface area contributed by atoms with Gasteiger partial charge in [0.1, 0.15) is 0 Å². The predicted octanol–water partition coefficient (Wildman–Crippen LogP) is 3.56. The van der Waals surface area contributed by atoms with Crippen LogP contribution in [0.5, 0.6) is 0 Å². The lowest BCUT2D eigenvalue weighted by Crippen LogP contribution is -2.49. The summed E-state index contributed by atoms with van der Waals surface area (Å²) in [6.45, 7) is 3.56. The van der Waals surface area contributed by atoms with E-state index in [0.717, 1.165) is 29.3 Å². The maximum atomic E-state index is 4.08. The van der Waals surface area contributed by atoms with Gasteiger partial charge in [-0.3, -0.25) is 0 Å². The molecule has 5 unspecified atom stereocenters. The second kappa shape index (κ2) is 7.51. The average molecular weight is 297 g/mol. The molecule has 116 valence electrons. The molecule has 2 N–H and O–H groups in total. The second-order valence-electron chi connectivity index (χ2n) is 7.01. The van der Waals surface area contributed by atoms with Gasteiger partial charge in [0.25, 0.3) is 0 Å². The minimum atomic E-state index is 0.801. The molecule has 3 rings (SSSR count). The summed E-state index contributed by atoms with van der Waals surface area (Å²) in [5.41, 5.74) is 0. The Morgan fingerprint density at radius 2 is 1.95 bits per heavy atom. The molecule has 3 aliphatic rings. The maximum Gasteiger partial charge on any atom is 0.0113 e. The average Bonchev–Trinajstić information content (AvgIpc) is 3.12. The standard InChI is InChI=1S/C17H32N2S/c1-2-20-14-10-9-13(12-14)19-17-7-4-3-6-15(17)16-8-5-11-18-16/h13-19H,2-12H2,1H3. The lowest BCUT2D eigenvalue weighted by molar-refractivity contribution is 0.201. The summed E-state index contributed by atoms with van der Waals surface area (Å²) in [6, 6.07) is 2.43. The lowest BCUT2D eigenvalue weighted by Gasteiger charge is -2.38. The Morgan fingerprint density at radius 1 is 1.05 bits per heavy atom. The van der Waals surface area contributed by atoms with Gasteiger partial charge in [0.05, 0.1) is 0 Å². The quantitative estimate of drug-likeness (QED) is 0.811. The van der Waals surface area contributed by atoms with Crippen molar-refractivity contribution in [3.05, 3.63) is 0 Å². The van der Waals surface area contributed by atoms with Crippen LogP contribution < -0.4 is 10.6 Å². The second-order valence-corrected chi connectivity index (χ2v) is 8.59. The first-order valence-corrected chi connectivity index (χ1v) is 10.0. The van der Waals surface area contributed by atoms with Gasteiger partial charge >= 0.3 is 0 Å². The van der Waals surface area contributed by atoms with Crippen LogP contribution >= 0.6 is 11.8 Å². The number of thioether (sulfide) groups is 1. The molecule has 0 bridgehead atoms. The van der Waals surface area contributed by atoms with Gasteiger partial charge in [-0.15, -0.1) is 0 Å². The molecule has 1 heterocycles. The summed E-state index contributed by atoms with van der Waals surface area (Å²) in [5, 5.41) is 8.78. The van der Waals surface area contributed by atoms with Gasteiger partial charge in [-0.05, 0) is 63.2 Å². The molecule has 2 saturated carbocycles. The van der Waals surface area contributed by atoms with Gasteiger partial charge in [-0.2, -0.15) is 11.8 Å². The molecule has 0 aromatic carbocycles. The first-order valence-electron chi connectivity index (χ1n) is 8.98. The minimum absolute atomic E-state index is 0.801. The Kier molecular flexibility index (Phi) is 5.70. The monoisotopic (exact) mass is 296 g/mol. The smallest absolute Gasteiger partial charge is 0.0113 e. The van der Waals surface area contributed by atoms with Crippen molar-refractivity contribution in [2.24, 2.45) is 5.92 Å². The number of rotatable bonds is 5. The van der Waals surface area contributed by atoms with Crippen LogP contribution in [0, 0.1) is 5.92 Å². The van der Waals surface area contributed by atoms with Crippen LogP contribution in [0.15, 0.2) is 0 Å². The van der Waals surface area contributed by atoms with Crippen molar-refractivity contribution in [1.82, 2.24) is 10.6 Å². The largest absolute Gasteiger partial charge is 0.314 e. The van der Waals surface area contributed by atoms with Crippen molar-refractivity contribution < 1.29 is 0 Å². The van der Waals surface area contributed by atoms with Crippen LogP contribution in [-0.2, 0) is 0 Å². The lowest BCUT2D eigenvalue weighted by atomic mass is 9.79. The van der Waals surface area contributed by atoms with E-state index in [0.29, 0.717) is 0 Å². The first kappa shape index (κ1) is 15.2. The van der Waals surface area contributed by atoms with Gasteiger partial charge in [-0.25, -0.2) is 0 Å². The molecule has 1 aliphatic heterocycles. The third kappa shape index (κ3) is 3.72. The highest BCUT2D eigenvalue weighted by molar-refractivity contribution is 7.99. The number of hydrogen-bond acceptors (Lipinski definition) is 3. The Hall–Kier alpha value is 0.270. The van der Waals surface area contributed by atoms with Crippen LogP contribution in [0.2, 0.25) is 0 Å². The van der Waals surface area contributed by atoms with Crippen molar-refractivity contribution >= 4 is 11.8 Å². The van der Waals surface area contributed by atoms with E-state index in [1.165, 1.54) is 70.1 Å². The SMILES string of the molecule is CCSC1CCC(NC2CCCCC2C2CCCN2)C1. The number of hydrogen-bond donors (Lipinski definition) is 2. The molecule has 0 spiro atoms. The molecule has 0 aromatic rings. The Balaban J connectivity index is 1.51. The fraction of sp³-hybridized carbons (Fsp3) is 1.00. The van der Waals surface area contributed by atoms with E-state index in [2.05, 4.69) is 29.3 Å². The highest BCUT2D eigenvalue weighted by atomic mass is 32.2. The van der Waals surface area contributed by atoms with Gasteiger partial charge < -0.3 is 10.6 Å². The molecule has 2 nitrogen and oxygen atoms in total. The van der Waals surface area contributed by atoms with Gasteiger partial charge in [0.2, 0.25) is 0 Å². The van der Waals surface area contributed by atoms with Crippen molar-refractivity contribution in [3.63, 3.8) is 0 Å². The van der Waals surface area contributed by atoms with E-state index >= 15 is 0 Å². The van der Waals surface area contributed by atoms with Crippen molar-refractivity contribution in [1.29, 1.82) is 0 Å². The van der Waals surface area contributed by atoms with E-state index in [9.17, 15) is 0 Å². The van der Waals surface area contributed by atoms with E-state index in [4.69, 9.17) is 0 Å². The van der Waals surface area contributed by atoms with Crippen LogP contribution in [0.3, 0.4) is 0 Å². The van der Waals surface area contributed by atoms with Gasteiger partial charge in [-0.1, -0.05) is 19.8 Å². The summed E-state index contributed by atoms with van der Waals surface area (Å²) in [7, 11) is 0. The highest BCUT2D eigenvalue weighted by Gasteiger charge is 2.35. The Bertz CT molecular complexity index is 291. The van der Waals surface area contributed by atoms with Crippen LogP contribution in [0.4, 0.5) is 0 Å². The summed E-state index contributed by atoms with van der Waals surface area (Å²) in [5.74, 6) is 2.19. The molecular formula is C17H32N2S. The third-order valence-electron chi connectivity index (χ3n) is 5.67. The minimum Gasteiger partial charge on any atom is -0.314 e. The van der Waals surface area contributed by atoms with Crippen molar-refractivity contribution in [2.45, 2.75) is 88.1 Å². The molecule has 1 saturated heterocycles. The molecule has 20 heavy (non-hydrogen) atoms. The molecule has 3 heteroatoms. The van der Waals surface area contributed by atoms with Gasteiger partial charge in [0, 0.05) is 23.4 Å². The molecule has 0 radical (unpaired) electrons.